The summed E-state index contributed by atoms with van der Waals surface area (Å²) in [6.07, 6.45) is -2.22. The molecule has 0 aromatic carbocycles. The van der Waals surface area contributed by atoms with E-state index in [1.165, 1.54) is 0 Å². The Kier molecular flexibility index (Phi) is 5.28. The average Bonchev–Trinajstić information content (AvgIpc) is 2.65. The summed E-state index contributed by atoms with van der Waals surface area (Å²) < 4.78 is 63.5. The summed E-state index contributed by atoms with van der Waals surface area (Å²) >= 11 is 2.71. The minimum atomic E-state index is -5.68. The maximum Gasteiger partial charge on any atom is 0.459 e. The molecule has 0 radical (unpaired) electrons. The third kappa shape index (κ3) is 3.64. The lowest BCUT2D eigenvalue weighted by atomic mass is 10.2. The van der Waals surface area contributed by atoms with Gasteiger partial charge < -0.3 is 0 Å². The zero-order valence-corrected chi connectivity index (χ0v) is 11.7. The molecule has 0 fully saturated rings. The molecule has 1 heterocycles. The van der Waals surface area contributed by atoms with Crippen LogP contribution in [0.15, 0.2) is 4.60 Å². The maximum atomic E-state index is 13.1. The molecule has 1 rings (SSSR count). The molecule has 0 saturated carbocycles. The molecule has 0 unspecified atom stereocenters. The highest BCUT2D eigenvalue weighted by Crippen LogP contribution is 2.45. The summed E-state index contributed by atoms with van der Waals surface area (Å²) in [5.74, 6) is -5.01. The fraction of sp³-hybridized carbons (Fsp3) is 0.800. The summed E-state index contributed by atoms with van der Waals surface area (Å²) in [6.45, 7) is 2.26. The molecule has 1 aromatic heterocycles. The Hall–Kier alpha value is -0.730. The molecule has 19 heavy (non-hydrogen) atoms. The van der Waals surface area contributed by atoms with E-state index >= 15 is 0 Å². The Bertz CT molecular complexity index is 416. The Morgan fingerprint density at radius 3 is 2.26 bits per heavy atom. The van der Waals surface area contributed by atoms with Crippen molar-refractivity contribution in [3.8, 4) is 0 Å². The third-order valence-electron chi connectivity index (χ3n) is 2.55. The molecule has 0 N–H and O–H groups in total. The van der Waals surface area contributed by atoms with E-state index in [4.69, 9.17) is 0 Å². The van der Waals surface area contributed by atoms with E-state index in [2.05, 4.69) is 26.2 Å². The quantitative estimate of drug-likeness (QED) is 0.567. The second-order valence-corrected chi connectivity index (χ2v) is 4.84. The van der Waals surface area contributed by atoms with Crippen LogP contribution in [-0.2, 0) is 12.5 Å². The van der Waals surface area contributed by atoms with Gasteiger partial charge in [0.2, 0.25) is 0 Å². The molecule has 9 heteroatoms. The molecular formula is C10H13BrF5N3. The monoisotopic (exact) mass is 349 g/mol. The number of alkyl halides is 5. The number of aromatic nitrogens is 3. The normalized spacial score (nSPS) is 13.0. The van der Waals surface area contributed by atoms with Gasteiger partial charge in [-0.2, -0.15) is 22.0 Å². The SMILES string of the molecule is CCCCCCn1nnc(C(F)(F)C(F)(F)F)c1Br. The van der Waals surface area contributed by atoms with Crippen molar-refractivity contribution >= 4 is 15.9 Å². The van der Waals surface area contributed by atoms with Crippen LogP contribution in [0.1, 0.15) is 38.3 Å². The first-order chi connectivity index (χ1) is 8.71. The molecule has 0 bridgehead atoms. The Balaban J connectivity index is 2.81. The van der Waals surface area contributed by atoms with E-state index in [1.54, 1.807) is 0 Å². The highest BCUT2D eigenvalue weighted by atomic mass is 79.9. The van der Waals surface area contributed by atoms with E-state index in [1.807, 2.05) is 6.92 Å². The zero-order valence-electron chi connectivity index (χ0n) is 10.1. The molecular weight excluding hydrogens is 337 g/mol. The van der Waals surface area contributed by atoms with Gasteiger partial charge in [0.25, 0.3) is 0 Å². The predicted octanol–water partition coefficient (Wildman–Crippen LogP) is 4.28. The van der Waals surface area contributed by atoms with Gasteiger partial charge in [0.1, 0.15) is 4.60 Å². The number of rotatable bonds is 6. The van der Waals surface area contributed by atoms with Crippen LogP contribution in [0.4, 0.5) is 22.0 Å². The van der Waals surface area contributed by atoms with E-state index < -0.39 is 22.4 Å². The van der Waals surface area contributed by atoms with Gasteiger partial charge in [-0.3, -0.25) is 0 Å². The number of hydrogen-bond donors (Lipinski definition) is 0. The summed E-state index contributed by atoms with van der Waals surface area (Å²) in [5, 5.41) is 6.28. The standard InChI is InChI=1S/C10H13BrF5N3/c1-2-3-4-5-6-19-8(11)7(17-18-19)9(12,13)10(14,15)16/h2-6H2,1H3. The average molecular weight is 350 g/mol. The van der Waals surface area contributed by atoms with Gasteiger partial charge in [-0.1, -0.05) is 31.4 Å². The second-order valence-electron chi connectivity index (χ2n) is 4.08. The summed E-state index contributed by atoms with van der Waals surface area (Å²) in [7, 11) is 0. The summed E-state index contributed by atoms with van der Waals surface area (Å²) in [4.78, 5) is 0. The minimum absolute atomic E-state index is 0.252. The number of halogens is 6. The molecule has 1 aromatic rings. The van der Waals surface area contributed by atoms with Gasteiger partial charge in [0.05, 0.1) is 0 Å². The van der Waals surface area contributed by atoms with Crippen LogP contribution < -0.4 is 0 Å². The molecule has 110 valence electrons. The van der Waals surface area contributed by atoms with E-state index in [-0.39, 0.29) is 6.54 Å². The molecule has 0 atom stereocenters. The van der Waals surface area contributed by atoms with Crippen molar-refractivity contribution in [1.82, 2.24) is 15.0 Å². The van der Waals surface area contributed by atoms with Gasteiger partial charge >= 0.3 is 12.1 Å². The van der Waals surface area contributed by atoms with Gasteiger partial charge in [0.15, 0.2) is 5.69 Å². The molecule has 0 spiro atoms. The molecule has 0 aliphatic rings. The van der Waals surface area contributed by atoms with Gasteiger partial charge in [-0.25, -0.2) is 4.68 Å². The van der Waals surface area contributed by atoms with Crippen molar-refractivity contribution in [3.63, 3.8) is 0 Å². The first-order valence-electron chi connectivity index (χ1n) is 5.75. The zero-order chi connectivity index (χ0) is 14.7. The van der Waals surface area contributed by atoms with Crippen molar-refractivity contribution in [2.24, 2.45) is 0 Å². The number of hydrogen-bond acceptors (Lipinski definition) is 2. The lowest BCUT2D eigenvalue weighted by Gasteiger charge is -2.17. The van der Waals surface area contributed by atoms with Crippen LogP contribution >= 0.6 is 15.9 Å². The maximum absolute atomic E-state index is 13.1. The summed E-state index contributed by atoms with van der Waals surface area (Å²) in [5.41, 5.74) is -1.39. The van der Waals surface area contributed by atoms with Gasteiger partial charge in [-0.05, 0) is 22.4 Å². The number of unbranched alkanes of at least 4 members (excludes halogenated alkanes) is 3. The smallest absolute Gasteiger partial charge is 0.238 e. The number of nitrogens with zero attached hydrogens (tertiary/aromatic N) is 3. The first kappa shape index (κ1) is 16.3. The second kappa shape index (κ2) is 6.15. The lowest BCUT2D eigenvalue weighted by Crippen LogP contribution is -2.34. The van der Waals surface area contributed by atoms with Crippen molar-refractivity contribution in [3.05, 3.63) is 10.3 Å². The topological polar surface area (TPSA) is 30.7 Å². The minimum Gasteiger partial charge on any atom is -0.238 e. The van der Waals surface area contributed by atoms with Crippen LogP contribution in [0.25, 0.3) is 0 Å². The van der Waals surface area contributed by atoms with Crippen molar-refractivity contribution in [2.75, 3.05) is 0 Å². The lowest BCUT2D eigenvalue weighted by molar-refractivity contribution is -0.291. The summed E-state index contributed by atoms with van der Waals surface area (Å²) in [6, 6.07) is 0. The Labute approximate surface area is 115 Å². The van der Waals surface area contributed by atoms with E-state index in [9.17, 15) is 22.0 Å². The molecule has 0 aliphatic heterocycles. The highest BCUT2D eigenvalue weighted by molar-refractivity contribution is 9.10. The molecule has 0 saturated heterocycles. The van der Waals surface area contributed by atoms with Crippen molar-refractivity contribution in [1.29, 1.82) is 0 Å². The largest absolute Gasteiger partial charge is 0.459 e. The first-order valence-corrected chi connectivity index (χ1v) is 6.55. The molecule has 0 aliphatic carbocycles. The van der Waals surface area contributed by atoms with Crippen LogP contribution in [0.5, 0.6) is 0 Å². The highest BCUT2D eigenvalue weighted by Gasteiger charge is 2.61. The fourth-order valence-electron chi connectivity index (χ4n) is 1.46. The van der Waals surface area contributed by atoms with Crippen LogP contribution in [0, 0.1) is 0 Å². The van der Waals surface area contributed by atoms with Crippen LogP contribution in [0.3, 0.4) is 0 Å². The fourth-order valence-corrected chi connectivity index (χ4v) is 2.04. The predicted molar refractivity (Wildman–Crippen MR) is 61.8 cm³/mol. The van der Waals surface area contributed by atoms with Crippen LogP contribution in [-0.4, -0.2) is 21.2 Å². The van der Waals surface area contributed by atoms with Crippen molar-refractivity contribution in [2.45, 2.75) is 51.3 Å². The Morgan fingerprint density at radius 2 is 1.74 bits per heavy atom. The third-order valence-corrected chi connectivity index (χ3v) is 3.34. The van der Waals surface area contributed by atoms with Gasteiger partial charge in [0, 0.05) is 6.54 Å². The van der Waals surface area contributed by atoms with E-state index in [0.29, 0.717) is 6.42 Å². The van der Waals surface area contributed by atoms with Crippen molar-refractivity contribution < 1.29 is 22.0 Å². The Morgan fingerprint density at radius 1 is 1.11 bits per heavy atom. The van der Waals surface area contributed by atoms with E-state index in [0.717, 1.165) is 23.9 Å². The van der Waals surface area contributed by atoms with Gasteiger partial charge in [-0.15, -0.1) is 5.10 Å². The number of aryl methyl sites for hydroxylation is 1. The molecule has 0 amide bonds. The molecule has 3 nitrogen and oxygen atoms in total. The van der Waals surface area contributed by atoms with Crippen LogP contribution in [0.2, 0.25) is 0 Å².